The smallest absolute Gasteiger partial charge is 0.154 e. The van der Waals surface area contributed by atoms with Gasteiger partial charge >= 0.3 is 0 Å². The number of halogens is 1. The van der Waals surface area contributed by atoms with Gasteiger partial charge in [-0.1, -0.05) is 29.3 Å². The molecule has 1 atom stereocenters. The van der Waals surface area contributed by atoms with E-state index in [1.165, 1.54) is 5.56 Å². The summed E-state index contributed by atoms with van der Waals surface area (Å²) >= 11 is 5.62. The molecule has 0 saturated heterocycles. The maximum absolute atomic E-state index is 9.24. The molecule has 1 aromatic carbocycles. The van der Waals surface area contributed by atoms with Crippen molar-refractivity contribution in [1.82, 2.24) is 0 Å². The summed E-state index contributed by atoms with van der Waals surface area (Å²) in [6, 6.07) is 4.04. The normalized spacial score (nSPS) is 13.1. The Hall–Kier alpha value is -0.530. The van der Waals surface area contributed by atoms with Crippen molar-refractivity contribution < 1.29 is 5.11 Å². The lowest BCUT2D eigenvalue weighted by Crippen LogP contribution is -1.97. The van der Waals surface area contributed by atoms with E-state index in [1.807, 2.05) is 32.9 Å². The predicted molar refractivity (Wildman–Crippen MR) is 51.5 cm³/mol. The maximum atomic E-state index is 9.24. The molecule has 0 aromatic heterocycles. The van der Waals surface area contributed by atoms with Gasteiger partial charge in [0, 0.05) is 5.56 Å². The molecule has 1 rings (SSSR count). The Morgan fingerprint density at radius 1 is 1.17 bits per heavy atom. The minimum atomic E-state index is -0.884. The monoisotopic (exact) mass is 184 g/mol. The van der Waals surface area contributed by atoms with Gasteiger partial charge in [0.15, 0.2) is 5.56 Å². The number of hydrogen-bond donors (Lipinski definition) is 1. The molecule has 0 radical (unpaired) electrons. The fourth-order valence-corrected chi connectivity index (χ4v) is 1.91. The second-order valence-corrected chi connectivity index (χ2v) is 3.56. The van der Waals surface area contributed by atoms with E-state index in [1.54, 1.807) is 0 Å². The van der Waals surface area contributed by atoms with Crippen LogP contribution in [0, 0.1) is 20.8 Å². The van der Waals surface area contributed by atoms with Crippen LogP contribution in [0.5, 0.6) is 0 Å². The largest absolute Gasteiger partial charge is 0.373 e. The van der Waals surface area contributed by atoms with E-state index < -0.39 is 5.56 Å². The highest BCUT2D eigenvalue weighted by Gasteiger charge is 2.09. The molecular weight excluding hydrogens is 172 g/mol. The summed E-state index contributed by atoms with van der Waals surface area (Å²) in [5.74, 6) is 0. The van der Waals surface area contributed by atoms with Gasteiger partial charge in [0.2, 0.25) is 0 Å². The van der Waals surface area contributed by atoms with Crippen molar-refractivity contribution >= 4 is 11.6 Å². The minimum absolute atomic E-state index is 0.835. The first-order valence-electron chi connectivity index (χ1n) is 3.92. The molecular formula is C10H13ClO. The van der Waals surface area contributed by atoms with Gasteiger partial charge in [-0.15, -0.1) is 0 Å². The van der Waals surface area contributed by atoms with Gasteiger partial charge in [0.1, 0.15) is 0 Å². The minimum Gasteiger partial charge on any atom is -0.373 e. The quantitative estimate of drug-likeness (QED) is 0.666. The zero-order valence-electron chi connectivity index (χ0n) is 7.56. The summed E-state index contributed by atoms with van der Waals surface area (Å²) in [5, 5.41) is 9.24. The van der Waals surface area contributed by atoms with E-state index in [2.05, 4.69) is 0 Å². The molecule has 0 aliphatic carbocycles. The van der Waals surface area contributed by atoms with Gasteiger partial charge in [0.25, 0.3) is 0 Å². The average molecular weight is 185 g/mol. The van der Waals surface area contributed by atoms with E-state index in [4.69, 9.17) is 11.6 Å². The molecule has 0 spiro atoms. The third kappa shape index (κ3) is 1.79. The van der Waals surface area contributed by atoms with Crippen LogP contribution in [-0.2, 0) is 0 Å². The van der Waals surface area contributed by atoms with Crippen molar-refractivity contribution in [2.45, 2.75) is 26.3 Å². The number of aryl methyl sites for hydroxylation is 3. The Morgan fingerprint density at radius 3 is 1.92 bits per heavy atom. The fraction of sp³-hybridized carbons (Fsp3) is 0.400. The Kier molecular flexibility index (Phi) is 2.76. The summed E-state index contributed by atoms with van der Waals surface area (Å²) in [6.07, 6.45) is 0. The van der Waals surface area contributed by atoms with Gasteiger partial charge in [0.05, 0.1) is 0 Å². The van der Waals surface area contributed by atoms with Crippen LogP contribution < -0.4 is 0 Å². The standard InChI is InChI=1S/C10H13ClO/c1-6-4-7(2)9(10(11)12)8(3)5-6/h4-5,10,12H,1-3H3/t10-/m1/s1. The molecule has 0 heterocycles. The number of alkyl halides is 1. The number of aliphatic hydroxyl groups excluding tert-OH is 1. The van der Waals surface area contributed by atoms with Crippen LogP contribution in [0.4, 0.5) is 0 Å². The highest BCUT2D eigenvalue weighted by atomic mass is 35.5. The van der Waals surface area contributed by atoms with Crippen molar-refractivity contribution in [1.29, 1.82) is 0 Å². The Morgan fingerprint density at radius 2 is 1.58 bits per heavy atom. The highest BCUT2D eigenvalue weighted by molar-refractivity contribution is 6.19. The Labute approximate surface area is 78.0 Å². The number of benzene rings is 1. The summed E-state index contributed by atoms with van der Waals surface area (Å²) in [5.41, 5.74) is 3.25. The van der Waals surface area contributed by atoms with Crippen molar-refractivity contribution in [2.75, 3.05) is 0 Å². The highest BCUT2D eigenvalue weighted by Crippen LogP contribution is 2.25. The topological polar surface area (TPSA) is 20.2 Å². The molecule has 66 valence electrons. The predicted octanol–water partition coefficient (Wildman–Crippen LogP) is 2.84. The van der Waals surface area contributed by atoms with Crippen molar-refractivity contribution in [2.24, 2.45) is 0 Å². The third-order valence-electron chi connectivity index (χ3n) is 1.98. The van der Waals surface area contributed by atoms with E-state index in [0.717, 1.165) is 16.7 Å². The number of rotatable bonds is 1. The van der Waals surface area contributed by atoms with Crippen LogP contribution in [0.15, 0.2) is 12.1 Å². The van der Waals surface area contributed by atoms with Crippen LogP contribution in [0.25, 0.3) is 0 Å². The Balaban J connectivity index is 3.28. The number of aliphatic hydroxyl groups is 1. The summed E-state index contributed by atoms with van der Waals surface area (Å²) < 4.78 is 0. The first-order chi connectivity index (χ1) is 5.52. The summed E-state index contributed by atoms with van der Waals surface area (Å²) in [7, 11) is 0. The SMILES string of the molecule is Cc1cc(C)c([C@@H](O)Cl)c(C)c1. The van der Waals surface area contributed by atoms with E-state index >= 15 is 0 Å². The molecule has 0 bridgehead atoms. The molecule has 0 amide bonds. The molecule has 0 aliphatic heterocycles. The fourth-order valence-electron chi connectivity index (χ4n) is 1.57. The lowest BCUT2D eigenvalue weighted by Gasteiger charge is -2.11. The molecule has 1 aromatic rings. The lowest BCUT2D eigenvalue weighted by atomic mass is 10.0. The van der Waals surface area contributed by atoms with Crippen molar-refractivity contribution in [3.63, 3.8) is 0 Å². The van der Waals surface area contributed by atoms with E-state index in [9.17, 15) is 5.11 Å². The van der Waals surface area contributed by atoms with E-state index in [0.29, 0.717) is 0 Å². The van der Waals surface area contributed by atoms with Gasteiger partial charge in [-0.2, -0.15) is 0 Å². The molecule has 2 heteroatoms. The molecule has 1 N–H and O–H groups in total. The molecule has 0 saturated carbocycles. The van der Waals surface area contributed by atoms with Crippen LogP contribution >= 0.6 is 11.6 Å². The van der Waals surface area contributed by atoms with Gasteiger partial charge in [-0.05, 0) is 31.9 Å². The first-order valence-corrected chi connectivity index (χ1v) is 4.36. The van der Waals surface area contributed by atoms with E-state index in [-0.39, 0.29) is 0 Å². The molecule has 0 aliphatic rings. The van der Waals surface area contributed by atoms with Gasteiger partial charge in [-0.3, -0.25) is 0 Å². The summed E-state index contributed by atoms with van der Waals surface area (Å²) in [4.78, 5) is 0. The maximum Gasteiger partial charge on any atom is 0.154 e. The second-order valence-electron chi connectivity index (χ2n) is 3.15. The van der Waals surface area contributed by atoms with Crippen LogP contribution in [0.1, 0.15) is 27.8 Å². The van der Waals surface area contributed by atoms with Gasteiger partial charge < -0.3 is 5.11 Å². The third-order valence-corrected chi connectivity index (χ3v) is 2.19. The van der Waals surface area contributed by atoms with Crippen molar-refractivity contribution in [3.05, 3.63) is 34.4 Å². The molecule has 12 heavy (non-hydrogen) atoms. The number of hydrogen-bond acceptors (Lipinski definition) is 1. The molecule has 1 nitrogen and oxygen atoms in total. The summed E-state index contributed by atoms with van der Waals surface area (Å²) in [6.45, 7) is 5.95. The lowest BCUT2D eigenvalue weighted by molar-refractivity contribution is 0.261. The van der Waals surface area contributed by atoms with Crippen LogP contribution in [0.3, 0.4) is 0 Å². The average Bonchev–Trinajstić information content (AvgIpc) is 1.82. The zero-order valence-corrected chi connectivity index (χ0v) is 8.31. The molecule has 0 unspecified atom stereocenters. The Bertz CT molecular complexity index is 269. The van der Waals surface area contributed by atoms with Gasteiger partial charge in [-0.25, -0.2) is 0 Å². The van der Waals surface area contributed by atoms with Crippen LogP contribution in [-0.4, -0.2) is 5.11 Å². The molecule has 0 fully saturated rings. The second kappa shape index (κ2) is 3.46. The van der Waals surface area contributed by atoms with Crippen molar-refractivity contribution in [3.8, 4) is 0 Å². The van der Waals surface area contributed by atoms with Crippen LogP contribution in [0.2, 0.25) is 0 Å². The first kappa shape index (κ1) is 9.56. The zero-order chi connectivity index (χ0) is 9.30.